The average Bonchev–Trinajstić information content (AvgIpc) is 3.30. The van der Waals surface area contributed by atoms with E-state index in [4.69, 9.17) is 14.7 Å². The molecule has 2 unspecified atom stereocenters. The maximum Gasteiger partial charge on any atom is 0.246 e. The van der Waals surface area contributed by atoms with Gasteiger partial charge in [-0.1, -0.05) is 6.07 Å². The molecule has 0 aromatic heterocycles. The molecule has 158 valence electrons. The van der Waals surface area contributed by atoms with Crippen LogP contribution >= 0.6 is 11.8 Å². The molecule has 7 heteroatoms. The number of carbonyl (C=O) groups is 1. The SMILES string of the molecule is COc1ccc(C2(C#N)C[C@H]3CC(C(=O)NO)C[C@H]3C2)cc1OCCCCSC. The summed E-state index contributed by atoms with van der Waals surface area (Å²) in [6, 6.07) is 8.41. The second kappa shape index (κ2) is 9.73. The molecule has 29 heavy (non-hydrogen) atoms. The van der Waals surface area contributed by atoms with E-state index in [0.29, 0.717) is 29.9 Å². The number of benzene rings is 1. The molecule has 0 spiro atoms. The number of hydrogen-bond donors (Lipinski definition) is 2. The molecule has 3 rings (SSSR count). The predicted octanol–water partition coefficient (Wildman–Crippen LogP) is 3.92. The van der Waals surface area contributed by atoms with Crippen LogP contribution in [0.3, 0.4) is 0 Å². The molecule has 1 amide bonds. The molecule has 1 aromatic rings. The van der Waals surface area contributed by atoms with Gasteiger partial charge in [0.25, 0.3) is 0 Å². The number of unbranched alkanes of at least 4 members (excludes halogenated alkanes) is 1. The third-order valence-electron chi connectivity index (χ3n) is 6.47. The van der Waals surface area contributed by atoms with Crippen LogP contribution < -0.4 is 15.0 Å². The van der Waals surface area contributed by atoms with Crippen molar-refractivity contribution in [1.82, 2.24) is 5.48 Å². The number of thioether (sulfide) groups is 1. The first-order valence-corrected chi connectivity index (χ1v) is 11.6. The summed E-state index contributed by atoms with van der Waals surface area (Å²) < 4.78 is 11.5. The zero-order valence-electron chi connectivity index (χ0n) is 17.1. The monoisotopic (exact) mass is 418 g/mol. The summed E-state index contributed by atoms with van der Waals surface area (Å²) >= 11 is 1.83. The van der Waals surface area contributed by atoms with E-state index in [1.54, 1.807) is 12.6 Å². The molecule has 2 aliphatic carbocycles. The molecule has 0 bridgehead atoms. The molecule has 0 aliphatic heterocycles. The normalized spacial score (nSPS) is 27.9. The van der Waals surface area contributed by atoms with Crippen molar-refractivity contribution in [1.29, 1.82) is 5.26 Å². The molecular formula is C22H30N2O4S. The van der Waals surface area contributed by atoms with Crippen LogP contribution in [0.4, 0.5) is 0 Å². The van der Waals surface area contributed by atoms with E-state index in [0.717, 1.165) is 49.8 Å². The number of carbonyl (C=O) groups excluding carboxylic acids is 1. The number of methoxy groups -OCH3 is 1. The topological polar surface area (TPSA) is 91.6 Å². The minimum absolute atomic E-state index is 0.150. The number of nitrogens with one attached hydrogen (secondary N) is 1. The number of ether oxygens (including phenoxy) is 2. The van der Waals surface area contributed by atoms with Crippen LogP contribution in [0.25, 0.3) is 0 Å². The van der Waals surface area contributed by atoms with Gasteiger partial charge in [0.15, 0.2) is 11.5 Å². The second-order valence-corrected chi connectivity index (χ2v) is 9.17. The predicted molar refractivity (Wildman–Crippen MR) is 112 cm³/mol. The van der Waals surface area contributed by atoms with E-state index in [9.17, 15) is 10.1 Å². The molecule has 4 atom stereocenters. The maximum atomic E-state index is 11.8. The molecule has 1 aromatic carbocycles. The number of hydroxylamine groups is 1. The Morgan fingerprint density at radius 1 is 1.31 bits per heavy atom. The lowest BCUT2D eigenvalue weighted by molar-refractivity contribution is -0.133. The van der Waals surface area contributed by atoms with Gasteiger partial charge in [0.2, 0.25) is 5.91 Å². The fraction of sp³-hybridized carbons (Fsp3) is 0.636. The Kier molecular flexibility index (Phi) is 7.31. The molecule has 2 aliphatic rings. The van der Waals surface area contributed by atoms with Crippen molar-refractivity contribution in [3.05, 3.63) is 23.8 Å². The minimum Gasteiger partial charge on any atom is -0.493 e. The van der Waals surface area contributed by atoms with Crippen molar-refractivity contribution in [2.45, 2.75) is 43.9 Å². The zero-order valence-corrected chi connectivity index (χ0v) is 18.0. The maximum absolute atomic E-state index is 11.8. The highest BCUT2D eigenvalue weighted by atomic mass is 32.2. The molecule has 0 heterocycles. The van der Waals surface area contributed by atoms with Crippen molar-refractivity contribution in [2.24, 2.45) is 17.8 Å². The van der Waals surface area contributed by atoms with Crippen LogP contribution in [-0.2, 0) is 10.2 Å². The van der Waals surface area contributed by atoms with Gasteiger partial charge in [-0.15, -0.1) is 0 Å². The highest BCUT2D eigenvalue weighted by molar-refractivity contribution is 7.98. The minimum atomic E-state index is -0.556. The quantitative estimate of drug-likeness (QED) is 0.359. The molecule has 6 nitrogen and oxygen atoms in total. The first kappa shape index (κ1) is 21.8. The Labute approximate surface area is 176 Å². The first-order chi connectivity index (χ1) is 14.1. The van der Waals surface area contributed by atoms with Crippen molar-refractivity contribution in [3.63, 3.8) is 0 Å². The Morgan fingerprint density at radius 2 is 2.03 bits per heavy atom. The summed E-state index contributed by atoms with van der Waals surface area (Å²) in [4.78, 5) is 11.8. The molecule has 2 fully saturated rings. The number of rotatable bonds is 9. The Bertz CT molecular complexity index is 750. The number of amides is 1. The number of fused-ring (bicyclic) bond motifs is 1. The van der Waals surface area contributed by atoms with Gasteiger partial charge < -0.3 is 9.47 Å². The second-order valence-electron chi connectivity index (χ2n) is 8.18. The van der Waals surface area contributed by atoms with Crippen LogP contribution in [-0.4, -0.2) is 36.8 Å². The van der Waals surface area contributed by atoms with E-state index in [-0.39, 0.29) is 11.8 Å². The lowest BCUT2D eigenvalue weighted by Gasteiger charge is -2.24. The third-order valence-corrected chi connectivity index (χ3v) is 7.17. The summed E-state index contributed by atoms with van der Waals surface area (Å²) in [5.41, 5.74) is 2.19. The van der Waals surface area contributed by atoms with Gasteiger partial charge >= 0.3 is 0 Å². The van der Waals surface area contributed by atoms with Gasteiger partial charge in [0.1, 0.15) is 0 Å². The van der Waals surface area contributed by atoms with Crippen molar-refractivity contribution in [3.8, 4) is 17.6 Å². The van der Waals surface area contributed by atoms with Gasteiger partial charge in [-0.3, -0.25) is 10.0 Å². The summed E-state index contributed by atoms with van der Waals surface area (Å²) in [6.45, 7) is 0.628. The smallest absolute Gasteiger partial charge is 0.246 e. The molecule has 0 saturated heterocycles. The molecule has 2 saturated carbocycles. The number of nitriles is 1. The van der Waals surface area contributed by atoms with Crippen molar-refractivity contribution in [2.75, 3.05) is 25.7 Å². The van der Waals surface area contributed by atoms with Crippen molar-refractivity contribution < 1.29 is 19.5 Å². The van der Waals surface area contributed by atoms with Gasteiger partial charge in [-0.2, -0.15) is 17.0 Å². The number of hydrogen-bond acceptors (Lipinski definition) is 6. The van der Waals surface area contributed by atoms with E-state index < -0.39 is 5.41 Å². The Morgan fingerprint density at radius 3 is 2.62 bits per heavy atom. The van der Waals surface area contributed by atoms with Gasteiger partial charge in [-0.25, -0.2) is 5.48 Å². The standard InChI is InChI=1S/C22H30N2O4S/c1-27-19-6-5-18(11-20(19)28-7-3-4-8-29-2)22(14-23)12-16-9-15(21(25)24-26)10-17(16)13-22/h5-6,11,15-17,26H,3-4,7-10,12-13H2,1-2H3,(H,24,25)/t15?,16-,17+,22?. The summed E-state index contributed by atoms with van der Waals surface area (Å²) in [6.07, 6.45) is 7.13. The van der Waals surface area contributed by atoms with Crippen LogP contribution in [0.15, 0.2) is 18.2 Å². The van der Waals surface area contributed by atoms with Crippen LogP contribution in [0.5, 0.6) is 11.5 Å². The van der Waals surface area contributed by atoms with Gasteiger partial charge in [0, 0.05) is 5.92 Å². The lowest BCUT2D eigenvalue weighted by atomic mass is 9.77. The fourth-order valence-corrected chi connectivity index (χ4v) is 5.50. The lowest BCUT2D eigenvalue weighted by Crippen LogP contribution is -2.28. The number of nitrogens with zero attached hydrogens (tertiary/aromatic N) is 1. The van der Waals surface area contributed by atoms with Crippen LogP contribution in [0.2, 0.25) is 0 Å². The largest absolute Gasteiger partial charge is 0.493 e. The average molecular weight is 419 g/mol. The van der Waals surface area contributed by atoms with Gasteiger partial charge in [0.05, 0.1) is 25.2 Å². The summed E-state index contributed by atoms with van der Waals surface area (Å²) in [5, 5.41) is 19.0. The third kappa shape index (κ3) is 4.65. The van der Waals surface area contributed by atoms with Gasteiger partial charge in [-0.05, 0) is 80.1 Å². The van der Waals surface area contributed by atoms with E-state index in [1.165, 1.54) is 0 Å². The first-order valence-electron chi connectivity index (χ1n) is 10.2. The summed E-state index contributed by atoms with van der Waals surface area (Å²) in [7, 11) is 1.63. The highest BCUT2D eigenvalue weighted by Gasteiger charge is 2.52. The zero-order chi connectivity index (χ0) is 20.9. The summed E-state index contributed by atoms with van der Waals surface area (Å²) in [5.74, 6) is 2.70. The molecular weight excluding hydrogens is 388 g/mol. The molecule has 2 N–H and O–H groups in total. The Hall–Kier alpha value is -1.91. The van der Waals surface area contributed by atoms with Crippen LogP contribution in [0.1, 0.15) is 44.1 Å². The van der Waals surface area contributed by atoms with E-state index in [2.05, 4.69) is 12.3 Å². The van der Waals surface area contributed by atoms with E-state index in [1.807, 2.05) is 30.0 Å². The molecule has 0 radical (unpaired) electrons. The van der Waals surface area contributed by atoms with Crippen LogP contribution in [0, 0.1) is 29.1 Å². The van der Waals surface area contributed by atoms with Crippen molar-refractivity contribution >= 4 is 17.7 Å². The Balaban J connectivity index is 1.73. The van der Waals surface area contributed by atoms with E-state index >= 15 is 0 Å². The highest BCUT2D eigenvalue weighted by Crippen LogP contribution is 2.56. The fourth-order valence-electron chi connectivity index (χ4n) is 5.01.